The average molecular weight is 435 g/mol. The number of aryl methyl sites for hydroxylation is 1. The van der Waals surface area contributed by atoms with Crippen LogP contribution in [0.25, 0.3) is 16.4 Å². The molecule has 0 atom stereocenters. The molecular weight excluding hydrogens is 412 g/mol. The van der Waals surface area contributed by atoms with Crippen molar-refractivity contribution in [3.05, 3.63) is 71.2 Å². The van der Waals surface area contributed by atoms with Crippen molar-refractivity contribution >= 4 is 23.1 Å². The van der Waals surface area contributed by atoms with E-state index in [1.54, 1.807) is 18.9 Å². The first-order valence-corrected chi connectivity index (χ1v) is 10.5. The van der Waals surface area contributed by atoms with Gasteiger partial charge in [0.05, 0.1) is 32.0 Å². The summed E-state index contributed by atoms with van der Waals surface area (Å²) in [5, 5.41) is 10.1. The summed E-state index contributed by atoms with van der Waals surface area (Å²) < 4.78 is 12.1. The Morgan fingerprint density at radius 1 is 1.06 bits per heavy atom. The van der Waals surface area contributed by atoms with Gasteiger partial charge < -0.3 is 14.8 Å². The first-order valence-electron chi connectivity index (χ1n) is 9.65. The third-order valence-corrected chi connectivity index (χ3v) is 5.48. The van der Waals surface area contributed by atoms with Crippen LogP contribution >= 0.6 is 11.3 Å². The number of benzene rings is 2. The molecule has 8 heteroatoms. The van der Waals surface area contributed by atoms with Crippen LogP contribution in [0.4, 0.5) is 5.82 Å². The molecule has 0 bridgehead atoms. The molecule has 31 heavy (non-hydrogen) atoms. The third-order valence-electron chi connectivity index (χ3n) is 4.66. The highest BCUT2D eigenvalue weighted by Gasteiger charge is 2.15. The molecule has 2 heterocycles. The van der Waals surface area contributed by atoms with E-state index in [2.05, 4.69) is 10.4 Å². The summed E-state index contributed by atoms with van der Waals surface area (Å²) in [6.45, 7) is 1.88. The van der Waals surface area contributed by atoms with E-state index in [-0.39, 0.29) is 12.3 Å². The van der Waals surface area contributed by atoms with Crippen LogP contribution in [0.2, 0.25) is 0 Å². The van der Waals surface area contributed by atoms with Crippen LogP contribution in [0, 0.1) is 6.92 Å². The second-order valence-corrected chi connectivity index (χ2v) is 7.74. The number of thiazole rings is 1. The van der Waals surface area contributed by atoms with E-state index in [4.69, 9.17) is 14.5 Å². The molecule has 4 rings (SSSR count). The van der Waals surface area contributed by atoms with E-state index in [9.17, 15) is 4.79 Å². The Morgan fingerprint density at radius 3 is 2.58 bits per heavy atom. The molecule has 0 fully saturated rings. The SMILES string of the molecule is COc1ccc(CC(=O)Nc2cc(C)nn2-c2nc(-c3cccc(OC)c3)cs2)cc1. The van der Waals surface area contributed by atoms with Crippen LogP contribution in [0.1, 0.15) is 11.3 Å². The van der Waals surface area contributed by atoms with Gasteiger partial charge in [0, 0.05) is 17.0 Å². The van der Waals surface area contributed by atoms with Crippen LogP contribution in [0.5, 0.6) is 11.5 Å². The van der Waals surface area contributed by atoms with Crippen molar-refractivity contribution < 1.29 is 14.3 Å². The van der Waals surface area contributed by atoms with E-state index >= 15 is 0 Å². The van der Waals surface area contributed by atoms with Gasteiger partial charge in [-0.25, -0.2) is 4.98 Å². The normalized spacial score (nSPS) is 10.7. The number of amides is 1. The number of hydrogen-bond donors (Lipinski definition) is 1. The summed E-state index contributed by atoms with van der Waals surface area (Å²) in [5.41, 5.74) is 3.46. The molecule has 0 unspecified atom stereocenters. The van der Waals surface area contributed by atoms with E-state index in [1.165, 1.54) is 11.3 Å². The van der Waals surface area contributed by atoms with Gasteiger partial charge in [-0.1, -0.05) is 24.3 Å². The van der Waals surface area contributed by atoms with Gasteiger partial charge in [0.25, 0.3) is 0 Å². The maximum Gasteiger partial charge on any atom is 0.229 e. The molecule has 0 aliphatic carbocycles. The first-order chi connectivity index (χ1) is 15.1. The van der Waals surface area contributed by atoms with Crippen LogP contribution in [-0.2, 0) is 11.2 Å². The number of ether oxygens (including phenoxy) is 2. The summed E-state index contributed by atoms with van der Waals surface area (Å²) in [5.74, 6) is 1.99. The highest BCUT2D eigenvalue weighted by molar-refractivity contribution is 7.12. The van der Waals surface area contributed by atoms with Crippen LogP contribution in [-0.4, -0.2) is 34.9 Å². The number of nitrogens with one attached hydrogen (secondary N) is 1. The van der Waals surface area contributed by atoms with Crippen molar-refractivity contribution in [2.24, 2.45) is 0 Å². The molecule has 7 nitrogen and oxygen atoms in total. The maximum atomic E-state index is 12.6. The fraction of sp³-hybridized carbons (Fsp3) is 0.174. The zero-order chi connectivity index (χ0) is 21.8. The fourth-order valence-corrected chi connectivity index (χ4v) is 3.92. The van der Waals surface area contributed by atoms with E-state index < -0.39 is 0 Å². The quantitative estimate of drug-likeness (QED) is 0.463. The minimum absolute atomic E-state index is 0.129. The lowest BCUT2D eigenvalue weighted by Crippen LogP contribution is -2.17. The Bertz CT molecular complexity index is 1200. The van der Waals surface area contributed by atoms with Gasteiger partial charge in [0.1, 0.15) is 17.3 Å². The van der Waals surface area contributed by atoms with Crippen molar-refractivity contribution in [2.45, 2.75) is 13.3 Å². The van der Waals surface area contributed by atoms with Crippen molar-refractivity contribution in [2.75, 3.05) is 19.5 Å². The predicted octanol–water partition coefficient (Wildman–Crippen LogP) is 4.50. The standard InChI is InChI=1S/C23H22N4O3S/c1-15-11-21(25-22(28)12-16-7-9-18(29-2)10-8-16)27(26-15)23-24-20(14-31-23)17-5-4-6-19(13-17)30-3/h4-11,13-14H,12H2,1-3H3,(H,25,28). The molecule has 4 aromatic rings. The molecule has 1 amide bonds. The number of carbonyl (C=O) groups is 1. The van der Waals surface area contributed by atoms with Gasteiger partial charge in [-0.15, -0.1) is 11.3 Å². The zero-order valence-electron chi connectivity index (χ0n) is 17.5. The molecule has 0 radical (unpaired) electrons. The summed E-state index contributed by atoms with van der Waals surface area (Å²) >= 11 is 1.46. The van der Waals surface area contributed by atoms with Crippen LogP contribution in [0.15, 0.2) is 60.0 Å². The lowest BCUT2D eigenvalue weighted by molar-refractivity contribution is -0.115. The predicted molar refractivity (Wildman–Crippen MR) is 121 cm³/mol. The molecule has 0 saturated heterocycles. The van der Waals surface area contributed by atoms with Crippen molar-refractivity contribution in [3.8, 4) is 27.9 Å². The van der Waals surface area contributed by atoms with E-state index in [1.807, 2.05) is 66.9 Å². The molecule has 2 aromatic heterocycles. The number of hydrogen-bond acceptors (Lipinski definition) is 6. The zero-order valence-corrected chi connectivity index (χ0v) is 18.3. The van der Waals surface area contributed by atoms with E-state index in [0.29, 0.717) is 10.9 Å². The smallest absolute Gasteiger partial charge is 0.229 e. The number of carbonyl (C=O) groups excluding carboxylic acids is 1. The van der Waals surface area contributed by atoms with Gasteiger partial charge in [-0.05, 0) is 36.8 Å². The molecule has 0 aliphatic rings. The highest BCUT2D eigenvalue weighted by atomic mass is 32.1. The fourth-order valence-electron chi connectivity index (χ4n) is 3.13. The van der Waals surface area contributed by atoms with Gasteiger partial charge in [0.2, 0.25) is 11.0 Å². The molecule has 0 spiro atoms. The Kier molecular flexibility index (Phi) is 5.99. The van der Waals surface area contributed by atoms with Crippen molar-refractivity contribution in [1.29, 1.82) is 0 Å². The van der Waals surface area contributed by atoms with Gasteiger partial charge in [0.15, 0.2) is 0 Å². The average Bonchev–Trinajstić information content (AvgIpc) is 3.41. The molecule has 0 aliphatic heterocycles. The van der Waals surface area contributed by atoms with Gasteiger partial charge in [-0.2, -0.15) is 9.78 Å². The summed E-state index contributed by atoms with van der Waals surface area (Å²) in [6.07, 6.45) is 0.251. The Hall–Kier alpha value is -3.65. The minimum atomic E-state index is -0.129. The number of rotatable bonds is 7. The first kappa shape index (κ1) is 20.6. The highest BCUT2D eigenvalue weighted by Crippen LogP contribution is 2.28. The number of nitrogens with zero attached hydrogens (tertiary/aromatic N) is 3. The molecule has 0 saturated carbocycles. The topological polar surface area (TPSA) is 78.3 Å². The molecule has 2 aromatic carbocycles. The summed E-state index contributed by atoms with van der Waals surface area (Å²) in [4.78, 5) is 17.3. The third kappa shape index (κ3) is 4.75. The molecule has 158 valence electrons. The summed E-state index contributed by atoms with van der Waals surface area (Å²) in [6, 6.07) is 17.0. The number of anilines is 1. The second-order valence-electron chi connectivity index (χ2n) is 6.90. The Morgan fingerprint density at radius 2 is 1.84 bits per heavy atom. The van der Waals surface area contributed by atoms with E-state index in [0.717, 1.165) is 34.0 Å². The van der Waals surface area contributed by atoms with Crippen LogP contribution < -0.4 is 14.8 Å². The monoisotopic (exact) mass is 434 g/mol. The Balaban J connectivity index is 1.53. The largest absolute Gasteiger partial charge is 0.497 e. The van der Waals surface area contributed by atoms with Crippen molar-refractivity contribution in [1.82, 2.24) is 14.8 Å². The molecule has 1 N–H and O–H groups in total. The number of aromatic nitrogens is 3. The minimum Gasteiger partial charge on any atom is -0.497 e. The Labute approximate surface area is 184 Å². The lowest BCUT2D eigenvalue weighted by Gasteiger charge is -2.07. The maximum absolute atomic E-state index is 12.6. The van der Waals surface area contributed by atoms with Crippen molar-refractivity contribution in [3.63, 3.8) is 0 Å². The van der Waals surface area contributed by atoms with Crippen LogP contribution in [0.3, 0.4) is 0 Å². The second kappa shape index (κ2) is 9.01. The number of methoxy groups -OCH3 is 2. The summed E-state index contributed by atoms with van der Waals surface area (Å²) in [7, 11) is 3.25. The van der Waals surface area contributed by atoms with Gasteiger partial charge in [-0.3, -0.25) is 4.79 Å². The lowest BCUT2D eigenvalue weighted by atomic mass is 10.1. The molecular formula is C23H22N4O3S. The van der Waals surface area contributed by atoms with Gasteiger partial charge >= 0.3 is 0 Å².